The van der Waals surface area contributed by atoms with Crippen LogP contribution < -0.4 is 10.1 Å². The number of methoxy groups -OCH3 is 2. The summed E-state index contributed by atoms with van der Waals surface area (Å²) < 4.78 is 15.1. The lowest BCUT2D eigenvalue weighted by Gasteiger charge is -2.15. The zero-order valence-electron chi connectivity index (χ0n) is 15.4. The van der Waals surface area contributed by atoms with Crippen LogP contribution in [0.2, 0.25) is 0 Å². The highest BCUT2D eigenvalue weighted by molar-refractivity contribution is 6.03. The van der Waals surface area contributed by atoms with Gasteiger partial charge in [0.2, 0.25) is 0 Å². The van der Waals surface area contributed by atoms with E-state index in [-0.39, 0.29) is 17.7 Å². The molecular formula is C20H21NO6. The molecule has 27 heavy (non-hydrogen) atoms. The van der Waals surface area contributed by atoms with Gasteiger partial charge in [-0.05, 0) is 25.1 Å². The molecule has 0 heterocycles. The highest BCUT2D eigenvalue weighted by atomic mass is 16.5. The maximum absolute atomic E-state index is 12.3. The maximum Gasteiger partial charge on any atom is 0.339 e. The highest BCUT2D eigenvalue weighted by Crippen LogP contribution is 2.17. The summed E-state index contributed by atoms with van der Waals surface area (Å²) in [5.41, 5.74) is 0.906. The molecule has 0 radical (unpaired) electrons. The fraction of sp³-hybridized carbons (Fsp3) is 0.250. The fourth-order valence-corrected chi connectivity index (χ4v) is 2.40. The van der Waals surface area contributed by atoms with Gasteiger partial charge in [0.25, 0.3) is 5.91 Å². The zero-order chi connectivity index (χ0) is 19.8. The minimum Gasteiger partial charge on any atom is -0.496 e. The summed E-state index contributed by atoms with van der Waals surface area (Å²) in [5.74, 6) is -1.26. The first-order chi connectivity index (χ1) is 13.0. The van der Waals surface area contributed by atoms with Crippen LogP contribution >= 0.6 is 0 Å². The Hall–Kier alpha value is -3.35. The van der Waals surface area contributed by atoms with Crippen molar-refractivity contribution in [1.29, 1.82) is 0 Å². The van der Waals surface area contributed by atoms with Crippen molar-refractivity contribution in [3.05, 3.63) is 65.2 Å². The van der Waals surface area contributed by atoms with Crippen LogP contribution in [0.5, 0.6) is 5.75 Å². The highest BCUT2D eigenvalue weighted by Gasteiger charge is 2.23. The van der Waals surface area contributed by atoms with E-state index in [4.69, 9.17) is 9.47 Å². The number of para-hydroxylation sites is 1. The number of esters is 2. The normalized spacial score (nSPS) is 11.2. The van der Waals surface area contributed by atoms with Gasteiger partial charge in [0, 0.05) is 12.1 Å². The van der Waals surface area contributed by atoms with Crippen molar-refractivity contribution in [3.8, 4) is 5.75 Å². The van der Waals surface area contributed by atoms with Crippen molar-refractivity contribution in [2.45, 2.75) is 19.6 Å². The van der Waals surface area contributed by atoms with E-state index in [1.54, 1.807) is 25.3 Å². The second-order valence-corrected chi connectivity index (χ2v) is 5.61. The lowest BCUT2D eigenvalue weighted by atomic mass is 10.1. The number of nitrogens with one attached hydrogen (secondary N) is 1. The third kappa shape index (κ3) is 5.07. The first kappa shape index (κ1) is 20.0. The van der Waals surface area contributed by atoms with Crippen molar-refractivity contribution in [2.24, 2.45) is 0 Å². The topological polar surface area (TPSA) is 90.9 Å². The number of hydrogen-bond acceptors (Lipinski definition) is 6. The van der Waals surface area contributed by atoms with Crippen molar-refractivity contribution in [2.75, 3.05) is 14.2 Å². The molecule has 2 aromatic carbocycles. The summed E-state index contributed by atoms with van der Waals surface area (Å²) in [6.45, 7) is 1.68. The lowest BCUT2D eigenvalue weighted by Crippen LogP contribution is -2.35. The van der Waals surface area contributed by atoms with Crippen molar-refractivity contribution < 1.29 is 28.6 Å². The molecular weight excluding hydrogens is 350 g/mol. The molecule has 0 saturated carbocycles. The number of carbonyl (C=O) groups is 3. The Kier molecular flexibility index (Phi) is 6.93. The molecule has 0 bridgehead atoms. The molecule has 1 N–H and O–H groups in total. The third-order valence-electron chi connectivity index (χ3n) is 3.85. The molecule has 7 heteroatoms. The minimum absolute atomic E-state index is 0.0359. The molecule has 1 amide bonds. The summed E-state index contributed by atoms with van der Waals surface area (Å²) >= 11 is 0. The van der Waals surface area contributed by atoms with Gasteiger partial charge in [0.15, 0.2) is 6.10 Å². The number of hydrogen-bond donors (Lipinski definition) is 1. The summed E-state index contributed by atoms with van der Waals surface area (Å²) in [6.07, 6.45) is -1.04. The van der Waals surface area contributed by atoms with Gasteiger partial charge in [0.1, 0.15) is 5.75 Å². The maximum atomic E-state index is 12.3. The number of rotatable bonds is 7. The molecule has 0 aromatic heterocycles. The van der Waals surface area contributed by atoms with E-state index in [0.717, 1.165) is 5.56 Å². The number of ether oxygens (including phenoxy) is 3. The number of amides is 1. The minimum atomic E-state index is -1.04. The molecule has 1 unspecified atom stereocenters. The van der Waals surface area contributed by atoms with Crippen LogP contribution in [0, 0.1) is 0 Å². The Bertz CT molecular complexity index is 833. The van der Waals surface area contributed by atoms with Crippen LogP contribution in [-0.4, -0.2) is 38.2 Å². The van der Waals surface area contributed by atoms with Crippen LogP contribution in [0.25, 0.3) is 0 Å². The Morgan fingerprint density at radius 1 is 0.926 bits per heavy atom. The second kappa shape index (κ2) is 9.38. The van der Waals surface area contributed by atoms with E-state index in [0.29, 0.717) is 5.75 Å². The van der Waals surface area contributed by atoms with Crippen molar-refractivity contribution in [3.63, 3.8) is 0 Å². The van der Waals surface area contributed by atoms with Crippen LogP contribution in [0.4, 0.5) is 0 Å². The second-order valence-electron chi connectivity index (χ2n) is 5.61. The lowest BCUT2D eigenvalue weighted by molar-refractivity contribution is -0.129. The SMILES string of the molecule is COC(=O)c1ccccc1C(=O)OC(C)C(=O)NCc1ccccc1OC. The van der Waals surface area contributed by atoms with Crippen molar-refractivity contribution >= 4 is 17.8 Å². The molecule has 0 aliphatic rings. The largest absolute Gasteiger partial charge is 0.496 e. The molecule has 0 saturated heterocycles. The summed E-state index contributed by atoms with van der Waals surface area (Å²) in [4.78, 5) is 36.3. The van der Waals surface area contributed by atoms with Crippen LogP contribution in [-0.2, 0) is 20.8 Å². The molecule has 0 aliphatic carbocycles. The van der Waals surface area contributed by atoms with E-state index in [9.17, 15) is 14.4 Å². The first-order valence-corrected chi connectivity index (χ1v) is 8.25. The van der Waals surface area contributed by atoms with E-state index in [2.05, 4.69) is 10.1 Å². The average Bonchev–Trinajstić information content (AvgIpc) is 2.71. The Morgan fingerprint density at radius 3 is 2.15 bits per heavy atom. The standard InChI is InChI=1S/C20H21NO6/c1-13(18(22)21-12-14-8-4-7-11-17(14)25-2)27-20(24)16-10-6-5-9-15(16)19(23)26-3/h4-11,13H,12H2,1-3H3,(H,21,22). The van der Waals surface area contributed by atoms with Gasteiger partial charge >= 0.3 is 11.9 Å². The van der Waals surface area contributed by atoms with Crippen LogP contribution in [0.15, 0.2) is 48.5 Å². The Morgan fingerprint density at radius 2 is 1.52 bits per heavy atom. The summed E-state index contributed by atoms with van der Waals surface area (Å²) in [6, 6.07) is 13.4. The molecule has 0 fully saturated rings. The number of benzene rings is 2. The predicted molar refractivity (Wildman–Crippen MR) is 97.5 cm³/mol. The first-order valence-electron chi connectivity index (χ1n) is 8.25. The summed E-state index contributed by atoms with van der Waals surface area (Å²) in [5, 5.41) is 2.69. The zero-order valence-corrected chi connectivity index (χ0v) is 15.4. The van der Waals surface area contributed by atoms with Gasteiger partial charge in [-0.1, -0.05) is 30.3 Å². The smallest absolute Gasteiger partial charge is 0.339 e. The molecule has 1 atom stereocenters. The summed E-state index contributed by atoms with van der Waals surface area (Å²) in [7, 11) is 2.77. The Labute approximate surface area is 157 Å². The fourth-order valence-electron chi connectivity index (χ4n) is 2.40. The monoisotopic (exact) mass is 371 g/mol. The van der Waals surface area contributed by atoms with Gasteiger partial charge in [-0.15, -0.1) is 0 Å². The molecule has 142 valence electrons. The van der Waals surface area contributed by atoms with Gasteiger partial charge < -0.3 is 19.5 Å². The van der Waals surface area contributed by atoms with E-state index in [1.165, 1.54) is 26.2 Å². The molecule has 0 spiro atoms. The third-order valence-corrected chi connectivity index (χ3v) is 3.85. The van der Waals surface area contributed by atoms with Crippen LogP contribution in [0.3, 0.4) is 0 Å². The van der Waals surface area contributed by atoms with Gasteiger partial charge in [-0.25, -0.2) is 9.59 Å². The molecule has 7 nitrogen and oxygen atoms in total. The Balaban J connectivity index is 2.00. The molecule has 0 aliphatic heterocycles. The van der Waals surface area contributed by atoms with Gasteiger partial charge in [-0.3, -0.25) is 4.79 Å². The quantitative estimate of drug-likeness (QED) is 0.752. The predicted octanol–water partition coefficient (Wildman–Crippen LogP) is 2.34. The van der Waals surface area contributed by atoms with E-state index in [1.807, 2.05) is 18.2 Å². The van der Waals surface area contributed by atoms with E-state index < -0.39 is 23.9 Å². The van der Waals surface area contributed by atoms with E-state index >= 15 is 0 Å². The van der Waals surface area contributed by atoms with Gasteiger partial charge in [0.05, 0.1) is 25.3 Å². The van der Waals surface area contributed by atoms with Crippen LogP contribution in [0.1, 0.15) is 33.2 Å². The van der Waals surface area contributed by atoms with Crippen molar-refractivity contribution in [1.82, 2.24) is 5.32 Å². The average molecular weight is 371 g/mol. The molecule has 2 rings (SSSR count). The molecule has 2 aromatic rings. The van der Waals surface area contributed by atoms with Gasteiger partial charge in [-0.2, -0.15) is 0 Å². The number of carbonyl (C=O) groups excluding carboxylic acids is 3.